The Labute approximate surface area is 82.6 Å². The molecule has 0 amide bonds. The summed E-state index contributed by atoms with van der Waals surface area (Å²) in [5, 5.41) is 0. The van der Waals surface area contributed by atoms with Crippen LogP contribution in [0.1, 0.15) is 11.1 Å². The van der Waals surface area contributed by atoms with Crippen LogP contribution in [-0.4, -0.2) is 20.0 Å². The SMILES string of the molecule is COc1ccc(OC)c2c1CC(=O)C2. The molecule has 1 aliphatic carbocycles. The van der Waals surface area contributed by atoms with Crippen molar-refractivity contribution >= 4 is 5.78 Å². The molecule has 3 nitrogen and oxygen atoms in total. The fraction of sp³-hybridized carbons (Fsp3) is 0.364. The molecule has 3 heteroatoms. The molecule has 0 radical (unpaired) electrons. The van der Waals surface area contributed by atoms with Crippen LogP contribution in [0.25, 0.3) is 0 Å². The van der Waals surface area contributed by atoms with E-state index in [1.165, 1.54) is 0 Å². The van der Waals surface area contributed by atoms with E-state index < -0.39 is 0 Å². The van der Waals surface area contributed by atoms with Crippen molar-refractivity contribution in [2.24, 2.45) is 0 Å². The van der Waals surface area contributed by atoms with Crippen LogP contribution in [0.3, 0.4) is 0 Å². The number of hydrogen-bond donors (Lipinski definition) is 0. The van der Waals surface area contributed by atoms with Crippen LogP contribution in [0, 0.1) is 0 Å². The predicted molar refractivity (Wildman–Crippen MR) is 52.0 cm³/mol. The van der Waals surface area contributed by atoms with Gasteiger partial charge in [0.25, 0.3) is 0 Å². The zero-order valence-electron chi connectivity index (χ0n) is 8.29. The van der Waals surface area contributed by atoms with Crippen LogP contribution >= 0.6 is 0 Å². The monoisotopic (exact) mass is 192 g/mol. The first-order chi connectivity index (χ1) is 6.76. The number of carbonyl (C=O) groups excluding carboxylic acids is 1. The number of ketones is 1. The van der Waals surface area contributed by atoms with E-state index in [1.807, 2.05) is 12.1 Å². The Balaban J connectivity index is 2.55. The highest BCUT2D eigenvalue weighted by atomic mass is 16.5. The number of rotatable bonds is 2. The molecule has 0 saturated carbocycles. The Morgan fingerprint density at radius 2 is 1.43 bits per heavy atom. The van der Waals surface area contributed by atoms with Gasteiger partial charge in [-0.2, -0.15) is 0 Å². The normalized spacial score (nSPS) is 14.0. The van der Waals surface area contributed by atoms with Gasteiger partial charge >= 0.3 is 0 Å². The lowest BCUT2D eigenvalue weighted by molar-refractivity contribution is -0.117. The first-order valence-electron chi connectivity index (χ1n) is 4.50. The quantitative estimate of drug-likeness (QED) is 0.710. The largest absolute Gasteiger partial charge is 0.496 e. The molecule has 1 aromatic rings. The Morgan fingerprint density at radius 1 is 1.00 bits per heavy atom. The van der Waals surface area contributed by atoms with E-state index in [9.17, 15) is 4.79 Å². The zero-order chi connectivity index (χ0) is 10.1. The van der Waals surface area contributed by atoms with Gasteiger partial charge in [0.05, 0.1) is 14.2 Å². The second kappa shape index (κ2) is 3.33. The first kappa shape index (κ1) is 9.06. The zero-order valence-corrected chi connectivity index (χ0v) is 8.29. The van der Waals surface area contributed by atoms with Gasteiger partial charge in [-0.05, 0) is 12.1 Å². The summed E-state index contributed by atoms with van der Waals surface area (Å²) in [6, 6.07) is 3.69. The fourth-order valence-corrected chi connectivity index (χ4v) is 1.88. The summed E-state index contributed by atoms with van der Waals surface area (Å²) < 4.78 is 10.4. The molecule has 0 heterocycles. The van der Waals surface area contributed by atoms with Gasteiger partial charge in [0.1, 0.15) is 17.3 Å². The Morgan fingerprint density at radius 3 is 1.79 bits per heavy atom. The summed E-state index contributed by atoms with van der Waals surface area (Å²) in [5.74, 6) is 1.79. The van der Waals surface area contributed by atoms with Crippen molar-refractivity contribution in [2.45, 2.75) is 12.8 Å². The highest BCUT2D eigenvalue weighted by Gasteiger charge is 2.25. The number of ether oxygens (including phenoxy) is 2. The van der Waals surface area contributed by atoms with Gasteiger partial charge in [-0.15, -0.1) is 0 Å². The van der Waals surface area contributed by atoms with Gasteiger partial charge in [-0.3, -0.25) is 4.79 Å². The average molecular weight is 192 g/mol. The first-order valence-corrected chi connectivity index (χ1v) is 4.50. The molecule has 14 heavy (non-hydrogen) atoms. The van der Waals surface area contributed by atoms with Gasteiger partial charge < -0.3 is 9.47 Å². The van der Waals surface area contributed by atoms with E-state index >= 15 is 0 Å². The number of fused-ring (bicyclic) bond motifs is 1. The third-order valence-electron chi connectivity index (χ3n) is 2.53. The van der Waals surface area contributed by atoms with Gasteiger partial charge in [-0.25, -0.2) is 0 Å². The van der Waals surface area contributed by atoms with E-state index in [2.05, 4.69) is 0 Å². The van der Waals surface area contributed by atoms with Gasteiger partial charge in [0.15, 0.2) is 0 Å². The average Bonchev–Trinajstić information content (AvgIpc) is 2.57. The standard InChI is InChI=1S/C11H12O3/c1-13-10-3-4-11(14-2)9-6-7(12)5-8(9)10/h3-4H,5-6H2,1-2H3. The maximum atomic E-state index is 11.3. The lowest BCUT2D eigenvalue weighted by Gasteiger charge is -2.09. The van der Waals surface area contributed by atoms with Crippen LogP contribution in [0.2, 0.25) is 0 Å². The van der Waals surface area contributed by atoms with E-state index in [-0.39, 0.29) is 5.78 Å². The number of carbonyl (C=O) groups is 1. The molecule has 0 unspecified atom stereocenters. The molecule has 0 N–H and O–H groups in total. The number of methoxy groups -OCH3 is 2. The third kappa shape index (κ3) is 1.25. The molecular formula is C11H12O3. The van der Waals surface area contributed by atoms with Gasteiger partial charge in [0, 0.05) is 24.0 Å². The summed E-state index contributed by atoms with van der Waals surface area (Å²) >= 11 is 0. The third-order valence-corrected chi connectivity index (χ3v) is 2.53. The second-order valence-electron chi connectivity index (χ2n) is 3.32. The highest BCUT2D eigenvalue weighted by molar-refractivity contribution is 5.90. The van der Waals surface area contributed by atoms with Crippen LogP contribution in [0.5, 0.6) is 11.5 Å². The van der Waals surface area contributed by atoms with Crippen LogP contribution in [0.4, 0.5) is 0 Å². The Kier molecular flexibility index (Phi) is 2.15. The minimum atomic E-state index is 0.225. The van der Waals surface area contributed by atoms with E-state index in [4.69, 9.17) is 9.47 Å². The van der Waals surface area contributed by atoms with Crippen LogP contribution in [0.15, 0.2) is 12.1 Å². The minimum absolute atomic E-state index is 0.225. The molecule has 0 fully saturated rings. The van der Waals surface area contributed by atoms with Crippen molar-refractivity contribution < 1.29 is 14.3 Å². The molecule has 0 bridgehead atoms. The van der Waals surface area contributed by atoms with Crippen LogP contribution < -0.4 is 9.47 Å². The smallest absolute Gasteiger partial charge is 0.141 e. The van der Waals surface area contributed by atoms with Gasteiger partial charge in [-0.1, -0.05) is 0 Å². The van der Waals surface area contributed by atoms with Crippen molar-refractivity contribution in [1.29, 1.82) is 0 Å². The molecule has 0 aliphatic heterocycles. The summed E-state index contributed by atoms with van der Waals surface area (Å²) in [4.78, 5) is 11.3. The maximum Gasteiger partial charge on any atom is 0.141 e. The topological polar surface area (TPSA) is 35.5 Å². The van der Waals surface area contributed by atoms with E-state index in [0.29, 0.717) is 12.8 Å². The Hall–Kier alpha value is -1.51. The molecular weight excluding hydrogens is 180 g/mol. The van der Waals surface area contributed by atoms with Crippen molar-refractivity contribution in [1.82, 2.24) is 0 Å². The Bertz CT molecular complexity index is 347. The molecule has 0 saturated heterocycles. The number of Topliss-reactive ketones (excluding diaryl/α,β-unsaturated/α-hetero) is 1. The predicted octanol–water partition coefficient (Wildman–Crippen LogP) is 1.37. The van der Waals surface area contributed by atoms with E-state index in [0.717, 1.165) is 22.6 Å². The molecule has 74 valence electrons. The van der Waals surface area contributed by atoms with Gasteiger partial charge in [0.2, 0.25) is 0 Å². The summed E-state index contributed by atoms with van der Waals surface area (Å²) in [6.45, 7) is 0. The lowest BCUT2D eigenvalue weighted by Crippen LogP contribution is -1.94. The maximum absolute atomic E-state index is 11.3. The summed E-state index contributed by atoms with van der Waals surface area (Å²) in [5.41, 5.74) is 1.97. The fourth-order valence-electron chi connectivity index (χ4n) is 1.88. The van der Waals surface area contributed by atoms with E-state index in [1.54, 1.807) is 14.2 Å². The highest BCUT2D eigenvalue weighted by Crippen LogP contribution is 2.35. The second-order valence-corrected chi connectivity index (χ2v) is 3.32. The number of hydrogen-bond acceptors (Lipinski definition) is 3. The van der Waals surface area contributed by atoms with Crippen molar-refractivity contribution in [3.63, 3.8) is 0 Å². The van der Waals surface area contributed by atoms with Crippen LogP contribution in [-0.2, 0) is 17.6 Å². The molecule has 0 aromatic heterocycles. The summed E-state index contributed by atoms with van der Waals surface area (Å²) in [7, 11) is 3.23. The summed E-state index contributed by atoms with van der Waals surface area (Å²) in [6.07, 6.45) is 0.936. The molecule has 1 aliphatic rings. The van der Waals surface area contributed by atoms with Crippen molar-refractivity contribution in [3.05, 3.63) is 23.3 Å². The molecule has 0 spiro atoms. The van der Waals surface area contributed by atoms with Crippen molar-refractivity contribution in [3.8, 4) is 11.5 Å². The number of benzene rings is 1. The molecule has 0 atom stereocenters. The lowest BCUT2D eigenvalue weighted by atomic mass is 10.1. The molecule has 2 rings (SSSR count). The molecule has 1 aromatic carbocycles. The minimum Gasteiger partial charge on any atom is -0.496 e. The van der Waals surface area contributed by atoms with Crippen molar-refractivity contribution in [2.75, 3.05) is 14.2 Å².